The summed E-state index contributed by atoms with van der Waals surface area (Å²) in [4.78, 5) is 0. The molecule has 0 spiro atoms. The predicted octanol–water partition coefficient (Wildman–Crippen LogP) is 5.28. The van der Waals surface area contributed by atoms with Gasteiger partial charge in [-0.15, -0.1) is 10.2 Å². The normalized spacial score (nSPS) is 10.7. The van der Waals surface area contributed by atoms with E-state index < -0.39 is 0 Å². The van der Waals surface area contributed by atoms with Crippen LogP contribution in [0.25, 0.3) is 11.5 Å². The average Bonchev–Trinajstić information content (AvgIpc) is 2.98. The first-order valence-corrected chi connectivity index (χ1v) is 7.42. The molecule has 0 aliphatic carbocycles. The molecule has 0 fully saturated rings. The Hall–Kier alpha value is -1.75. The Morgan fingerprint density at radius 3 is 2.50 bits per heavy atom. The molecule has 0 atom stereocenters. The maximum Gasteiger partial charge on any atom is 0.254 e. The van der Waals surface area contributed by atoms with Crippen LogP contribution < -0.4 is 4.74 Å². The fourth-order valence-electron chi connectivity index (χ4n) is 1.76. The molecule has 0 radical (unpaired) electrons. The standard InChI is InChI=1S/C15H9Cl3N2O2/c16-10-6-5-9(7-12(10)18)15-20-19-14(22-15)8-21-13-4-2-1-3-11(13)17/h1-7H,8H2. The number of benzene rings is 2. The van der Waals surface area contributed by atoms with Crippen LogP contribution in [0.3, 0.4) is 0 Å². The highest BCUT2D eigenvalue weighted by molar-refractivity contribution is 6.42. The van der Waals surface area contributed by atoms with Crippen LogP contribution in [-0.4, -0.2) is 10.2 Å². The van der Waals surface area contributed by atoms with Gasteiger partial charge in [0.05, 0.1) is 15.1 Å². The molecule has 1 heterocycles. The molecule has 22 heavy (non-hydrogen) atoms. The Bertz CT molecular complexity index is 805. The fourth-order valence-corrected chi connectivity index (χ4v) is 2.25. The van der Waals surface area contributed by atoms with Crippen molar-refractivity contribution < 1.29 is 9.15 Å². The number of para-hydroxylation sites is 1. The van der Waals surface area contributed by atoms with Gasteiger partial charge in [-0.3, -0.25) is 0 Å². The molecule has 0 amide bonds. The van der Waals surface area contributed by atoms with Gasteiger partial charge in [0.15, 0.2) is 6.61 Å². The van der Waals surface area contributed by atoms with Gasteiger partial charge in [0.2, 0.25) is 5.89 Å². The molecule has 4 nitrogen and oxygen atoms in total. The van der Waals surface area contributed by atoms with Crippen molar-refractivity contribution in [1.82, 2.24) is 10.2 Å². The first-order valence-electron chi connectivity index (χ1n) is 6.28. The summed E-state index contributed by atoms with van der Waals surface area (Å²) in [5.41, 5.74) is 0.686. The van der Waals surface area contributed by atoms with E-state index in [-0.39, 0.29) is 6.61 Å². The Balaban J connectivity index is 1.74. The molecule has 0 bridgehead atoms. The van der Waals surface area contributed by atoms with Crippen molar-refractivity contribution in [2.24, 2.45) is 0 Å². The molecule has 112 valence electrons. The zero-order valence-corrected chi connectivity index (χ0v) is 13.4. The van der Waals surface area contributed by atoms with Crippen LogP contribution in [0.15, 0.2) is 46.9 Å². The van der Waals surface area contributed by atoms with Gasteiger partial charge in [-0.25, -0.2) is 0 Å². The highest BCUT2D eigenvalue weighted by Crippen LogP contribution is 2.28. The lowest BCUT2D eigenvalue weighted by Crippen LogP contribution is -1.95. The van der Waals surface area contributed by atoms with Crippen molar-refractivity contribution in [2.75, 3.05) is 0 Å². The molecule has 7 heteroatoms. The van der Waals surface area contributed by atoms with Crippen LogP contribution in [-0.2, 0) is 6.61 Å². The van der Waals surface area contributed by atoms with Crippen LogP contribution in [0.1, 0.15) is 5.89 Å². The van der Waals surface area contributed by atoms with Crippen molar-refractivity contribution in [2.45, 2.75) is 6.61 Å². The molecule has 0 saturated carbocycles. The van der Waals surface area contributed by atoms with E-state index in [0.29, 0.717) is 38.2 Å². The number of rotatable bonds is 4. The van der Waals surface area contributed by atoms with Gasteiger partial charge in [0.1, 0.15) is 5.75 Å². The quantitative estimate of drug-likeness (QED) is 0.639. The van der Waals surface area contributed by atoms with E-state index in [4.69, 9.17) is 44.0 Å². The summed E-state index contributed by atoms with van der Waals surface area (Å²) in [6, 6.07) is 12.2. The molecule has 3 rings (SSSR count). The Kier molecular flexibility index (Phi) is 4.52. The fraction of sp³-hybridized carbons (Fsp3) is 0.0667. The highest BCUT2D eigenvalue weighted by Gasteiger charge is 2.11. The zero-order chi connectivity index (χ0) is 15.5. The molecule has 1 aromatic heterocycles. The topological polar surface area (TPSA) is 48.2 Å². The number of aromatic nitrogens is 2. The van der Waals surface area contributed by atoms with Gasteiger partial charge < -0.3 is 9.15 Å². The number of hydrogen-bond donors (Lipinski definition) is 0. The summed E-state index contributed by atoms with van der Waals surface area (Å²) >= 11 is 17.8. The molecule has 0 unspecified atom stereocenters. The third-order valence-corrected chi connectivity index (χ3v) is 3.87. The van der Waals surface area contributed by atoms with E-state index in [1.807, 2.05) is 12.1 Å². The molecule has 0 aliphatic heterocycles. The van der Waals surface area contributed by atoms with Gasteiger partial charge >= 0.3 is 0 Å². The molecular weight excluding hydrogens is 347 g/mol. The average molecular weight is 356 g/mol. The minimum atomic E-state index is 0.123. The summed E-state index contributed by atoms with van der Waals surface area (Å²) < 4.78 is 11.1. The van der Waals surface area contributed by atoms with Crippen LogP contribution >= 0.6 is 34.8 Å². The summed E-state index contributed by atoms with van der Waals surface area (Å²) in [5.74, 6) is 1.23. The third kappa shape index (κ3) is 3.35. The van der Waals surface area contributed by atoms with E-state index in [0.717, 1.165) is 0 Å². The monoisotopic (exact) mass is 354 g/mol. The van der Waals surface area contributed by atoms with Crippen LogP contribution in [0.2, 0.25) is 15.1 Å². The lowest BCUT2D eigenvalue weighted by Gasteiger charge is -2.04. The molecular formula is C15H9Cl3N2O2. The van der Waals surface area contributed by atoms with Gasteiger partial charge in [-0.2, -0.15) is 0 Å². The van der Waals surface area contributed by atoms with Crippen molar-refractivity contribution in [3.8, 4) is 17.2 Å². The maximum absolute atomic E-state index is 6.00. The first-order chi connectivity index (χ1) is 10.6. The van der Waals surface area contributed by atoms with Gasteiger partial charge in [0.25, 0.3) is 5.89 Å². The molecule has 0 saturated heterocycles. The second-order valence-electron chi connectivity index (χ2n) is 4.35. The molecule has 2 aromatic carbocycles. The Labute approximate surface area is 141 Å². The minimum absolute atomic E-state index is 0.123. The molecule has 3 aromatic rings. The minimum Gasteiger partial charge on any atom is -0.482 e. The van der Waals surface area contributed by atoms with Crippen molar-refractivity contribution in [1.29, 1.82) is 0 Å². The number of nitrogens with zero attached hydrogens (tertiary/aromatic N) is 2. The maximum atomic E-state index is 6.00. The lowest BCUT2D eigenvalue weighted by molar-refractivity contribution is 0.264. The van der Waals surface area contributed by atoms with E-state index in [2.05, 4.69) is 10.2 Å². The van der Waals surface area contributed by atoms with Gasteiger partial charge in [-0.05, 0) is 30.3 Å². The lowest BCUT2D eigenvalue weighted by atomic mass is 10.2. The number of halogens is 3. The number of hydrogen-bond acceptors (Lipinski definition) is 4. The molecule has 0 N–H and O–H groups in total. The van der Waals surface area contributed by atoms with Crippen LogP contribution in [0.4, 0.5) is 0 Å². The van der Waals surface area contributed by atoms with Crippen molar-refractivity contribution >= 4 is 34.8 Å². The number of ether oxygens (including phenoxy) is 1. The smallest absolute Gasteiger partial charge is 0.254 e. The van der Waals surface area contributed by atoms with E-state index >= 15 is 0 Å². The molecule has 0 aliphatic rings. The second-order valence-corrected chi connectivity index (χ2v) is 5.57. The largest absolute Gasteiger partial charge is 0.482 e. The summed E-state index contributed by atoms with van der Waals surface area (Å²) in [6.45, 7) is 0.123. The third-order valence-electron chi connectivity index (χ3n) is 2.82. The summed E-state index contributed by atoms with van der Waals surface area (Å²) in [5, 5.41) is 9.30. The van der Waals surface area contributed by atoms with E-state index in [1.165, 1.54) is 0 Å². The summed E-state index contributed by atoms with van der Waals surface area (Å²) in [6.07, 6.45) is 0. The van der Waals surface area contributed by atoms with E-state index in [9.17, 15) is 0 Å². The highest BCUT2D eigenvalue weighted by atomic mass is 35.5. The second kappa shape index (κ2) is 6.57. The van der Waals surface area contributed by atoms with E-state index in [1.54, 1.807) is 30.3 Å². The van der Waals surface area contributed by atoms with Crippen LogP contribution in [0, 0.1) is 0 Å². The predicted molar refractivity (Wildman–Crippen MR) is 85.5 cm³/mol. The first kappa shape index (κ1) is 15.2. The Morgan fingerprint density at radius 2 is 1.73 bits per heavy atom. The zero-order valence-electron chi connectivity index (χ0n) is 11.1. The van der Waals surface area contributed by atoms with Gasteiger partial charge in [0, 0.05) is 5.56 Å². The Morgan fingerprint density at radius 1 is 0.909 bits per heavy atom. The van der Waals surface area contributed by atoms with Gasteiger partial charge in [-0.1, -0.05) is 46.9 Å². The van der Waals surface area contributed by atoms with Crippen LogP contribution in [0.5, 0.6) is 5.75 Å². The SMILES string of the molecule is Clc1ccc(-c2nnc(COc3ccccc3Cl)o2)cc1Cl. The van der Waals surface area contributed by atoms with Crippen molar-refractivity contribution in [3.05, 3.63) is 63.4 Å². The van der Waals surface area contributed by atoms with Crippen molar-refractivity contribution in [3.63, 3.8) is 0 Å². The summed E-state index contributed by atoms with van der Waals surface area (Å²) in [7, 11) is 0.